The monoisotopic (exact) mass is 255 g/mol. The first kappa shape index (κ1) is 11.3. The topological polar surface area (TPSA) is 12.9 Å². The predicted octanol–water partition coefficient (Wildman–Crippen LogP) is 2.14. The summed E-state index contributed by atoms with van der Waals surface area (Å²) in [7, 11) is 0. The summed E-state index contributed by atoms with van der Waals surface area (Å²) in [5.41, 5.74) is 10.1. The summed E-state index contributed by atoms with van der Waals surface area (Å²) < 4.78 is 0. The number of rotatable bonds is 2. The smallest absolute Gasteiger partial charge is 0.0444 e. The molecule has 1 heterocycles. The number of benzene rings is 1. The van der Waals surface area contributed by atoms with Gasteiger partial charge in [-0.2, -0.15) is 0 Å². The molecule has 2 aliphatic carbocycles. The van der Waals surface area contributed by atoms with E-state index in [0.717, 1.165) is 12.1 Å². The highest BCUT2D eigenvalue weighted by Gasteiger charge is 2.23. The number of nitrogens with zero attached hydrogens (tertiary/aromatic N) is 1. The first-order valence-electron chi connectivity index (χ1n) is 6.83. The fourth-order valence-corrected chi connectivity index (χ4v) is 3.05. The maximum absolute atomic E-state index is 4.46. The molecular weight excluding hydrogens is 242 g/mol. The van der Waals surface area contributed by atoms with Gasteiger partial charge in [-0.25, -0.2) is 0 Å². The quantitative estimate of drug-likeness (QED) is 0.749. The lowest BCUT2D eigenvalue weighted by Gasteiger charge is -2.13. The van der Waals surface area contributed by atoms with Crippen LogP contribution in [0.3, 0.4) is 0 Å². The number of fused-ring (bicyclic) bond motifs is 2. The van der Waals surface area contributed by atoms with Crippen LogP contribution in [0.4, 0.5) is 0 Å². The second-order valence-electron chi connectivity index (χ2n) is 5.10. The van der Waals surface area contributed by atoms with E-state index >= 15 is 0 Å². The van der Waals surface area contributed by atoms with Crippen LogP contribution in [0.5, 0.6) is 0 Å². The maximum atomic E-state index is 4.46. The van der Waals surface area contributed by atoms with Gasteiger partial charge < -0.3 is 0 Å². The molecule has 0 saturated heterocycles. The van der Waals surface area contributed by atoms with E-state index in [-0.39, 0.29) is 0 Å². The van der Waals surface area contributed by atoms with Crippen molar-refractivity contribution in [2.45, 2.75) is 6.42 Å². The van der Waals surface area contributed by atoms with E-state index in [1.807, 2.05) is 18.3 Å². The molecule has 1 nitrogen and oxygen atoms in total. The molecule has 0 N–H and O–H groups in total. The van der Waals surface area contributed by atoms with Crippen molar-refractivity contribution < 1.29 is 0 Å². The molecular formula is C19H13N. The van der Waals surface area contributed by atoms with Gasteiger partial charge in [-0.05, 0) is 45.9 Å². The molecule has 0 aliphatic heterocycles. The minimum absolute atomic E-state index is 0.329. The SMILES string of the molecule is C1=C=CC2C(=c3ccccc3=C2Cc2ccccn2)C=1. The van der Waals surface area contributed by atoms with Crippen LogP contribution in [0.25, 0.3) is 11.1 Å². The van der Waals surface area contributed by atoms with E-state index in [4.69, 9.17) is 0 Å². The van der Waals surface area contributed by atoms with Crippen LogP contribution in [0.1, 0.15) is 5.69 Å². The van der Waals surface area contributed by atoms with Crippen LogP contribution in [0, 0.1) is 5.92 Å². The van der Waals surface area contributed by atoms with Gasteiger partial charge in [0.05, 0.1) is 0 Å². The van der Waals surface area contributed by atoms with Gasteiger partial charge in [0.25, 0.3) is 0 Å². The predicted molar refractivity (Wildman–Crippen MR) is 80.1 cm³/mol. The summed E-state index contributed by atoms with van der Waals surface area (Å²) in [4.78, 5) is 4.46. The summed E-state index contributed by atoms with van der Waals surface area (Å²) in [6, 6.07) is 14.7. The normalized spacial score (nSPS) is 18.3. The van der Waals surface area contributed by atoms with Crippen molar-refractivity contribution in [3.05, 3.63) is 88.4 Å². The molecule has 1 atom stereocenters. The lowest BCUT2D eigenvalue weighted by molar-refractivity contribution is 1.02. The highest BCUT2D eigenvalue weighted by Crippen LogP contribution is 2.29. The Morgan fingerprint density at radius 2 is 1.80 bits per heavy atom. The molecule has 0 amide bonds. The van der Waals surface area contributed by atoms with Crippen LogP contribution < -0.4 is 10.4 Å². The molecule has 1 aromatic carbocycles. The van der Waals surface area contributed by atoms with Gasteiger partial charge in [-0.1, -0.05) is 41.8 Å². The van der Waals surface area contributed by atoms with E-state index in [1.165, 1.54) is 21.6 Å². The molecule has 0 spiro atoms. The highest BCUT2D eigenvalue weighted by atomic mass is 14.7. The van der Waals surface area contributed by atoms with E-state index in [0.29, 0.717) is 5.92 Å². The highest BCUT2D eigenvalue weighted by molar-refractivity contribution is 5.79. The Morgan fingerprint density at radius 3 is 2.65 bits per heavy atom. The van der Waals surface area contributed by atoms with Gasteiger partial charge in [0.2, 0.25) is 0 Å². The van der Waals surface area contributed by atoms with Crippen molar-refractivity contribution in [1.82, 2.24) is 4.98 Å². The number of allylic oxidation sites excluding steroid dienone is 2. The molecule has 0 radical (unpaired) electrons. The Morgan fingerprint density at radius 1 is 0.950 bits per heavy atom. The maximum Gasteiger partial charge on any atom is 0.0444 e. The lowest BCUT2D eigenvalue weighted by Crippen LogP contribution is -2.23. The van der Waals surface area contributed by atoms with Crippen molar-refractivity contribution in [1.29, 1.82) is 0 Å². The third-order valence-electron chi connectivity index (χ3n) is 3.95. The van der Waals surface area contributed by atoms with Crippen LogP contribution in [-0.2, 0) is 6.42 Å². The molecule has 1 aromatic heterocycles. The van der Waals surface area contributed by atoms with Gasteiger partial charge in [0.1, 0.15) is 0 Å². The van der Waals surface area contributed by atoms with Gasteiger partial charge in [-0.15, -0.1) is 0 Å². The first-order valence-corrected chi connectivity index (χ1v) is 6.83. The number of pyridine rings is 1. The fourth-order valence-electron chi connectivity index (χ4n) is 3.05. The van der Waals surface area contributed by atoms with Crippen molar-refractivity contribution in [3.8, 4) is 0 Å². The van der Waals surface area contributed by atoms with Gasteiger partial charge in [0.15, 0.2) is 0 Å². The van der Waals surface area contributed by atoms with Crippen molar-refractivity contribution >= 4 is 11.1 Å². The van der Waals surface area contributed by atoms with Crippen LogP contribution in [0.2, 0.25) is 0 Å². The van der Waals surface area contributed by atoms with Crippen LogP contribution >= 0.6 is 0 Å². The fraction of sp³-hybridized carbons (Fsp3) is 0.105. The summed E-state index contributed by atoms with van der Waals surface area (Å²) in [6.07, 6.45) is 6.93. The van der Waals surface area contributed by atoms with Gasteiger partial charge in [-0.3, -0.25) is 4.98 Å². The van der Waals surface area contributed by atoms with Crippen molar-refractivity contribution in [3.63, 3.8) is 0 Å². The zero-order chi connectivity index (χ0) is 13.4. The zero-order valence-corrected chi connectivity index (χ0v) is 11.0. The lowest BCUT2D eigenvalue weighted by atomic mass is 9.90. The van der Waals surface area contributed by atoms with E-state index < -0.39 is 0 Å². The molecule has 1 unspecified atom stereocenters. The van der Waals surface area contributed by atoms with Gasteiger partial charge >= 0.3 is 0 Å². The first-order chi connectivity index (χ1) is 9.93. The third kappa shape index (κ3) is 1.70. The molecule has 0 bridgehead atoms. The Labute approximate surface area is 117 Å². The second-order valence-corrected chi connectivity index (χ2v) is 5.10. The zero-order valence-electron chi connectivity index (χ0n) is 11.0. The summed E-state index contributed by atoms with van der Waals surface area (Å²) in [6.45, 7) is 0. The van der Waals surface area contributed by atoms with Crippen LogP contribution in [0.15, 0.2) is 72.3 Å². The van der Waals surface area contributed by atoms with Crippen LogP contribution in [-0.4, -0.2) is 4.98 Å². The Bertz CT molecular complexity index is 890. The average molecular weight is 255 g/mol. The van der Waals surface area contributed by atoms with E-state index in [1.54, 1.807) is 0 Å². The number of hydrogen-bond acceptors (Lipinski definition) is 1. The molecule has 0 saturated carbocycles. The average Bonchev–Trinajstić information content (AvgIpc) is 2.84. The number of aromatic nitrogens is 1. The Kier molecular flexibility index (Phi) is 2.54. The molecule has 4 rings (SSSR count). The molecule has 2 aromatic rings. The van der Waals surface area contributed by atoms with Gasteiger partial charge in [0, 0.05) is 24.2 Å². The minimum Gasteiger partial charge on any atom is -0.261 e. The minimum atomic E-state index is 0.329. The standard InChI is InChI=1S/C19H13N/c1-3-10-17-15(8-1)16-9-2-4-11-18(16)19(17)13-14-7-5-6-12-20-14/h1,3,5-12,18H,13H2. The Hall–Kier alpha value is -2.59. The third-order valence-corrected chi connectivity index (χ3v) is 3.95. The van der Waals surface area contributed by atoms with Crippen molar-refractivity contribution in [2.24, 2.45) is 5.92 Å². The number of hydrogen-bond donors (Lipinski definition) is 0. The summed E-state index contributed by atoms with van der Waals surface area (Å²) in [5.74, 6) is 0.329. The summed E-state index contributed by atoms with van der Waals surface area (Å²) >= 11 is 0. The molecule has 0 fully saturated rings. The molecule has 2 aliphatic rings. The second kappa shape index (κ2) is 4.51. The summed E-state index contributed by atoms with van der Waals surface area (Å²) in [5, 5.41) is 2.67. The molecule has 94 valence electrons. The molecule has 20 heavy (non-hydrogen) atoms. The van der Waals surface area contributed by atoms with Crippen molar-refractivity contribution in [2.75, 3.05) is 0 Å². The van der Waals surface area contributed by atoms with E-state index in [9.17, 15) is 0 Å². The largest absolute Gasteiger partial charge is 0.261 e. The molecule has 1 heteroatoms. The van der Waals surface area contributed by atoms with E-state index in [2.05, 4.69) is 58.9 Å². The Balaban J connectivity index is 1.93.